The number of hydrogen-bond acceptors (Lipinski definition) is 2. The molecule has 1 N–H and O–H groups in total. The van der Waals surface area contributed by atoms with Crippen LogP contribution in [0.4, 0.5) is 0 Å². The van der Waals surface area contributed by atoms with Crippen molar-refractivity contribution in [3.8, 4) is 0 Å². The van der Waals surface area contributed by atoms with E-state index in [4.69, 9.17) is 0 Å². The van der Waals surface area contributed by atoms with Gasteiger partial charge in [0, 0.05) is 19.5 Å². The molecule has 0 saturated carbocycles. The molecule has 3 heteroatoms. The van der Waals surface area contributed by atoms with Crippen LogP contribution in [0, 0.1) is 5.41 Å². The highest BCUT2D eigenvalue weighted by molar-refractivity contribution is 5.77. The van der Waals surface area contributed by atoms with Gasteiger partial charge in [-0.3, -0.25) is 4.79 Å². The van der Waals surface area contributed by atoms with Gasteiger partial charge in [-0.05, 0) is 44.2 Å². The average Bonchev–Trinajstić information content (AvgIpc) is 2.31. The SMILES string of the molecule is C=CCC(=O)N1CCC2(CCNCC2)CC1. The van der Waals surface area contributed by atoms with E-state index < -0.39 is 0 Å². The van der Waals surface area contributed by atoms with Crippen LogP contribution in [-0.2, 0) is 4.79 Å². The van der Waals surface area contributed by atoms with Crippen molar-refractivity contribution in [1.29, 1.82) is 0 Å². The summed E-state index contributed by atoms with van der Waals surface area (Å²) in [5, 5.41) is 3.42. The van der Waals surface area contributed by atoms with Crippen molar-refractivity contribution in [1.82, 2.24) is 10.2 Å². The van der Waals surface area contributed by atoms with Gasteiger partial charge in [0.15, 0.2) is 0 Å². The maximum absolute atomic E-state index is 11.7. The number of carbonyl (C=O) groups is 1. The Labute approximate surface area is 97.9 Å². The van der Waals surface area contributed by atoms with E-state index in [1.165, 1.54) is 25.7 Å². The number of rotatable bonds is 2. The zero-order valence-corrected chi connectivity index (χ0v) is 10.0. The molecule has 0 aromatic rings. The summed E-state index contributed by atoms with van der Waals surface area (Å²) in [6.07, 6.45) is 7.16. The molecule has 90 valence electrons. The fraction of sp³-hybridized carbons (Fsp3) is 0.769. The van der Waals surface area contributed by atoms with Gasteiger partial charge in [-0.25, -0.2) is 0 Å². The third kappa shape index (κ3) is 2.46. The molecule has 0 aromatic carbocycles. The van der Waals surface area contributed by atoms with Crippen molar-refractivity contribution < 1.29 is 4.79 Å². The smallest absolute Gasteiger partial charge is 0.226 e. The van der Waals surface area contributed by atoms with E-state index in [0.717, 1.165) is 26.2 Å². The molecule has 1 spiro atoms. The summed E-state index contributed by atoms with van der Waals surface area (Å²) >= 11 is 0. The summed E-state index contributed by atoms with van der Waals surface area (Å²) in [4.78, 5) is 13.7. The molecule has 2 rings (SSSR count). The Balaban J connectivity index is 1.85. The van der Waals surface area contributed by atoms with Gasteiger partial charge in [0.1, 0.15) is 0 Å². The lowest BCUT2D eigenvalue weighted by atomic mass is 9.71. The molecule has 16 heavy (non-hydrogen) atoms. The Morgan fingerprint density at radius 1 is 1.25 bits per heavy atom. The minimum Gasteiger partial charge on any atom is -0.342 e. The molecule has 0 atom stereocenters. The van der Waals surface area contributed by atoms with E-state index in [1.807, 2.05) is 4.90 Å². The number of hydrogen-bond donors (Lipinski definition) is 1. The maximum atomic E-state index is 11.7. The van der Waals surface area contributed by atoms with Crippen LogP contribution >= 0.6 is 0 Å². The Hall–Kier alpha value is -0.830. The second kappa shape index (κ2) is 5.00. The minimum atomic E-state index is 0.249. The van der Waals surface area contributed by atoms with Crippen LogP contribution in [0.1, 0.15) is 32.1 Å². The molecule has 2 saturated heterocycles. The molecular weight excluding hydrogens is 200 g/mol. The highest BCUT2D eigenvalue weighted by Crippen LogP contribution is 2.39. The molecule has 0 aliphatic carbocycles. The fourth-order valence-corrected chi connectivity index (χ4v) is 2.94. The Morgan fingerprint density at radius 3 is 2.44 bits per heavy atom. The number of likely N-dealkylation sites (tertiary alicyclic amines) is 1. The van der Waals surface area contributed by atoms with Gasteiger partial charge in [-0.15, -0.1) is 6.58 Å². The van der Waals surface area contributed by atoms with Crippen molar-refractivity contribution in [2.24, 2.45) is 5.41 Å². The van der Waals surface area contributed by atoms with Crippen molar-refractivity contribution in [2.75, 3.05) is 26.2 Å². The number of nitrogens with zero attached hydrogens (tertiary/aromatic N) is 1. The molecule has 2 aliphatic rings. The van der Waals surface area contributed by atoms with Crippen LogP contribution in [0.5, 0.6) is 0 Å². The summed E-state index contributed by atoms with van der Waals surface area (Å²) in [6, 6.07) is 0. The third-order valence-corrected chi connectivity index (χ3v) is 4.16. The maximum Gasteiger partial charge on any atom is 0.226 e. The van der Waals surface area contributed by atoms with Crippen LogP contribution in [0.3, 0.4) is 0 Å². The largest absolute Gasteiger partial charge is 0.342 e. The summed E-state index contributed by atoms with van der Waals surface area (Å²) in [7, 11) is 0. The topological polar surface area (TPSA) is 32.3 Å². The number of piperidine rings is 2. The zero-order valence-electron chi connectivity index (χ0n) is 10.0. The predicted molar refractivity (Wildman–Crippen MR) is 65.2 cm³/mol. The van der Waals surface area contributed by atoms with Gasteiger partial charge < -0.3 is 10.2 Å². The van der Waals surface area contributed by atoms with Crippen LogP contribution < -0.4 is 5.32 Å². The highest BCUT2D eigenvalue weighted by atomic mass is 16.2. The van der Waals surface area contributed by atoms with Crippen LogP contribution in [-0.4, -0.2) is 37.0 Å². The van der Waals surface area contributed by atoms with E-state index >= 15 is 0 Å². The van der Waals surface area contributed by atoms with E-state index in [1.54, 1.807) is 6.08 Å². The van der Waals surface area contributed by atoms with E-state index in [2.05, 4.69) is 11.9 Å². The first kappa shape index (κ1) is 11.6. The molecule has 3 nitrogen and oxygen atoms in total. The third-order valence-electron chi connectivity index (χ3n) is 4.16. The first-order valence-corrected chi connectivity index (χ1v) is 6.35. The van der Waals surface area contributed by atoms with Gasteiger partial charge in [-0.2, -0.15) is 0 Å². The lowest BCUT2D eigenvalue weighted by molar-refractivity contribution is -0.132. The lowest BCUT2D eigenvalue weighted by Crippen LogP contribution is -2.47. The van der Waals surface area contributed by atoms with E-state index in [0.29, 0.717) is 11.8 Å². The van der Waals surface area contributed by atoms with E-state index in [-0.39, 0.29) is 5.91 Å². The summed E-state index contributed by atoms with van der Waals surface area (Å²) in [5.41, 5.74) is 0.538. The average molecular weight is 222 g/mol. The van der Waals surface area contributed by atoms with E-state index in [9.17, 15) is 4.79 Å². The molecule has 0 bridgehead atoms. The van der Waals surface area contributed by atoms with Gasteiger partial charge in [0.25, 0.3) is 0 Å². The van der Waals surface area contributed by atoms with Crippen molar-refractivity contribution >= 4 is 5.91 Å². The summed E-state index contributed by atoms with van der Waals surface area (Å²) in [5.74, 6) is 0.249. The number of amides is 1. The fourth-order valence-electron chi connectivity index (χ4n) is 2.94. The van der Waals surface area contributed by atoms with Gasteiger partial charge in [0.05, 0.1) is 0 Å². The van der Waals surface area contributed by atoms with Crippen molar-refractivity contribution in [2.45, 2.75) is 32.1 Å². The second-order valence-electron chi connectivity index (χ2n) is 5.12. The summed E-state index contributed by atoms with van der Waals surface area (Å²) < 4.78 is 0. The number of carbonyl (C=O) groups excluding carboxylic acids is 1. The quantitative estimate of drug-likeness (QED) is 0.719. The molecule has 2 heterocycles. The Kier molecular flexibility index (Phi) is 3.64. The Morgan fingerprint density at radius 2 is 1.88 bits per heavy atom. The second-order valence-corrected chi connectivity index (χ2v) is 5.12. The highest BCUT2D eigenvalue weighted by Gasteiger charge is 2.36. The normalized spacial score (nSPS) is 24.4. The first-order valence-electron chi connectivity index (χ1n) is 6.35. The van der Waals surface area contributed by atoms with Crippen LogP contribution in [0.15, 0.2) is 12.7 Å². The molecule has 1 amide bonds. The van der Waals surface area contributed by atoms with Gasteiger partial charge >= 0.3 is 0 Å². The summed E-state index contributed by atoms with van der Waals surface area (Å²) in [6.45, 7) is 7.83. The van der Waals surface area contributed by atoms with Gasteiger partial charge in [0.2, 0.25) is 5.91 Å². The number of nitrogens with one attached hydrogen (secondary N) is 1. The monoisotopic (exact) mass is 222 g/mol. The van der Waals surface area contributed by atoms with Crippen molar-refractivity contribution in [3.63, 3.8) is 0 Å². The van der Waals surface area contributed by atoms with Crippen LogP contribution in [0.25, 0.3) is 0 Å². The molecule has 0 radical (unpaired) electrons. The molecule has 0 aromatic heterocycles. The molecule has 2 aliphatic heterocycles. The lowest BCUT2D eigenvalue weighted by Gasteiger charge is -2.44. The minimum absolute atomic E-state index is 0.249. The van der Waals surface area contributed by atoms with Crippen molar-refractivity contribution in [3.05, 3.63) is 12.7 Å². The van der Waals surface area contributed by atoms with Gasteiger partial charge in [-0.1, -0.05) is 6.08 Å². The molecule has 0 unspecified atom stereocenters. The molecular formula is C13H22N2O. The Bertz CT molecular complexity index is 259. The zero-order chi connectivity index (χ0) is 11.4. The molecule has 2 fully saturated rings. The first-order chi connectivity index (χ1) is 7.76. The standard InChI is InChI=1S/C13H22N2O/c1-2-3-12(16)15-10-6-13(7-11-15)4-8-14-9-5-13/h2,14H,1,3-11H2. The van der Waals surface area contributed by atoms with Crippen LogP contribution in [0.2, 0.25) is 0 Å². The predicted octanol–water partition coefficient (Wildman–Crippen LogP) is 1.55.